The molecule has 41 heavy (non-hydrogen) atoms. The van der Waals surface area contributed by atoms with Crippen LogP contribution >= 0.6 is 0 Å². The Hall–Kier alpha value is -4.71. The topological polar surface area (TPSA) is 150 Å². The first-order valence-electron chi connectivity index (χ1n) is 12.6. The summed E-state index contributed by atoms with van der Waals surface area (Å²) in [7, 11) is -2.72. The fourth-order valence-electron chi connectivity index (χ4n) is 3.67. The van der Waals surface area contributed by atoms with Crippen LogP contribution in [-0.4, -0.2) is 48.2 Å². The van der Waals surface area contributed by atoms with E-state index >= 15 is 0 Å². The smallest absolute Gasteiger partial charge is 0.306 e. The molecule has 0 saturated carbocycles. The first kappa shape index (κ1) is 29.3. The molecular formula is C29H30N4O7S. The molecule has 2 aromatic carbocycles. The lowest BCUT2D eigenvalue weighted by atomic mass is 9.87. The minimum absolute atomic E-state index is 0.0000792. The van der Waals surface area contributed by atoms with Gasteiger partial charge >= 0.3 is 5.97 Å². The van der Waals surface area contributed by atoms with Crippen LogP contribution in [0, 0.1) is 0 Å². The Morgan fingerprint density at radius 2 is 1.63 bits per heavy atom. The van der Waals surface area contributed by atoms with E-state index in [0.29, 0.717) is 11.4 Å². The molecule has 0 fully saturated rings. The quantitative estimate of drug-likeness (QED) is 0.240. The van der Waals surface area contributed by atoms with Crippen LogP contribution in [0.5, 0.6) is 23.1 Å². The maximum Gasteiger partial charge on any atom is 0.306 e. The van der Waals surface area contributed by atoms with Crippen molar-refractivity contribution in [1.82, 2.24) is 15.0 Å². The van der Waals surface area contributed by atoms with Crippen LogP contribution in [0.25, 0.3) is 11.5 Å². The number of pyridine rings is 1. The molecule has 0 aliphatic carbocycles. The Kier molecular flexibility index (Phi) is 8.72. The second-order valence-corrected chi connectivity index (χ2v) is 11.6. The lowest BCUT2D eigenvalue weighted by Crippen LogP contribution is -2.17. The van der Waals surface area contributed by atoms with Crippen LogP contribution < -0.4 is 18.9 Å². The second-order valence-electron chi connectivity index (χ2n) is 9.87. The van der Waals surface area contributed by atoms with Crippen molar-refractivity contribution in [1.29, 1.82) is 0 Å². The third kappa shape index (κ3) is 7.28. The summed E-state index contributed by atoms with van der Waals surface area (Å²) < 4.78 is 46.8. The Balaban J connectivity index is 1.85. The van der Waals surface area contributed by atoms with E-state index in [2.05, 4.69) is 19.7 Å². The lowest BCUT2D eigenvalue weighted by molar-refractivity contribution is -0.137. The van der Waals surface area contributed by atoms with Crippen LogP contribution in [0.4, 0.5) is 5.82 Å². The number of rotatable bonds is 11. The molecule has 0 atom stereocenters. The highest BCUT2D eigenvalue weighted by atomic mass is 32.2. The number of anilines is 1. The number of aromatic nitrogens is 3. The zero-order valence-electron chi connectivity index (χ0n) is 23.0. The summed E-state index contributed by atoms with van der Waals surface area (Å²) in [5.74, 6) is -1.09. The molecule has 0 radical (unpaired) electrons. The molecule has 4 rings (SSSR count). The number of para-hydroxylation sites is 2. The number of nitrogens with one attached hydrogen (secondary N) is 1. The maximum atomic E-state index is 13.6. The number of hydrogen-bond acceptors (Lipinski definition) is 9. The number of carboxylic acid groups (broad SMARTS) is 1. The third-order valence-electron chi connectivity index (χ3n) is 5.83. The highest BCUT2D eigenvalue weighted by molar-refractivity contribution is 7.92. The number of methoxy groups -OCH3 is 1. The van der Waals surface area contributed by atoms with Gasteiger partial charge in [0.25, 0.3) is 15.9 Å². The minimum Gasteiger partial charge on any atom is -0.493 e. The van der Waals surface area contributed by atoms with Crippen molar-refractivity contribution in [3.63, 3.8) is 0 Å². The van der Waals surface area contributed by atoms with Gasteiger partial charge in [0, 0.05) is 6.20 Å². The standard InChI is InChI=1S/C29H30N4O7S/c1-29(2,3)19-12-14-20(15-13-19)41(36,37)33-27-25(40-23-11-6-5-10-22(23)38-4)28(39-18-16-24(34)35)32-26(31-27)21-9-7-8-17-30-21/h5-15,17H,16,18H2,1-4H3,(H,34,35)(H,31,32,33). The van der Waals surface area contributed by atoms with E-state index in [9.17, 15) is 13.2 Å². The Labute approximate surface area is 238 Å². The van der Waals surface area contributed by atoms with Gasteiger partial charge in [0.2, 0.25) is 5.75 Å². The van der Waals surface area contributed by atoms with E-state index in [1.54, 1.807) is 54.6 Å². The molecule has 12 heteroatoms. The largest absolute Gasteiger partial charge is 0.493 e. The number of nitrogens with zero attached hydrogens (tertiary/aromatic N) is 3. The van der Waals surface area contributed by atoms with Crippen molar-refractivity contribution < 1.29 is 32.5 Å². The molecular weight excluding hydrogens is 548 g/mol. The first-order valence-corrected chi connectivity index (χ1v) is 14.1. The Morgan fingerprint density at radius 3 is 2.24 bits per heavy atom. The predicted octanol–water partition coefficient (Wildman–Crippen LogP) is 5.29. The van der Waals surface area contributed by atoms with Gasteiger partial charge in [0.05, 0.1) is 18.4 Å². The van der Waals surface area contributed by atoms with Crippen molar-refractivity contribution >= 4 is 21.8 Å². The van der Waals surface area contributed by atoms with E-state index in [-0.39, 0.29) is 52.4 Å². The predicted molar refractivity (Wildman–Crippen MR) is 152 cm³/mol. The third-order valence-corrected chi connectivity index (χ3v) is 7.18. The normalized spacial score (nSPS) is 11.5. The zero-order chi connectivity index (χ0) is 29.6. The van der Waals surface area contributed by atoms with E-state index in [1.807, 2.05) is 20.8 Å². The number of hydrogen-bond donors (Lipinski definition) is 2. The SMILES string of the molecule is COc1ccccc1Oc1c(NS(=O)(=O)c2ccc(C(C)(C)C)cc2)nc(-c2ccccn2)nc1OCCC(=O)O. The van der Waals surface area contributed by atoms with Gasteiger partial charge in [-0.25, -0.2) is 13.4 Å². The summed E-state index contributed by atoms with van der Waals surface area (Å²) in [5, 5.41) is 9.14. The van der Waals surface area contributed by atoms with Gasteiger partial charge in [-0.3, -0.25) is 14.5 Å². The highest BCUT2D eigenvalue weighted by Gasteiger charge is 2.26. The van der Waals surface area contributed by atoms with Gasteiger partial charge in [-0.05, 0) is 47.4 Å². The van der Waals surface area contributed by atoms with Crippen molar-refractivity contribution in [3.8, 4) is 34.6 Å². The molecule has 0 spiro atoms. The molecule has 214 valence electrons. The molecule has 0 amide bonds. The fourth-order valence-corrected chi connectivity index (χ4v) is 4.67. The number of carboxylic acids is 1. The van der Waals surface area contributed by atoms with Crippen LogP contribution in [0.15, 0.2) is 77.8 Å². The van der Waals surface area contributed by atoms with Crippen molar-refractivity contribution in [2.45, 2.75) is 37.5 Å². The van der Waals surface area contributed by atoms with E-state index in [1.165, 1.54) is 25.4 Å². The average molecular weight is 579 g/mol. The molecule has 0 aliphatic rings. The second kappa shape index (κ2) is 12.2. The zero-order valence-corrected chi connectivity index (χ0v) is 23.8. The summed E-state index contributed by atoms with van der Waals surface area (Å²) in [6.07, 6.45) is 1.20. The molecule has 11 nitrogen and oxygen atoms in total. The first-order chi connectivity index (χ1) is 19.5. The van der Waals surface area contributed by atoms with Gasteiger partial charge in [-0.15, -0.1) is 0 Å². The number of ether oxygens (including phenoxy) is 3. The Morgan fingerprint density at radius 1 is 0.951 bits per heavy atom. The summed E-state index contributed by atoms with van der Waals surface area (Å²) in [6.45, 7) is 5.82. The average Bonchev–Trinajstić information content (AvgIpc) is 2.94. The van der Waals surface area contributed by atoms with Gasteiger partial charge < -0.3 is 19.3 Å². The van der Waals surface area contributed by atoms with Gasteiger partial charge in [-0.1, -0.05) is 51.1 Å². The van der Waals surface area contributed by atoms with Crippen LogP contribution in [0.3, 0.4) is 0 Å². The monoisotopic (exact) mass is 578 g/mol. The molecule has 4 aromatic rings. The number of carbonyl (C=O) groups is 1. The van der Waals surface area contributed by atoms with Gasteiger partial charge in [0.15, 0.2) is 23.1 Å². The van der Waals surface area contributed by atoms with Crippen LogP contribution in [0.1, 0.15) is 32.8 Å². The maximum absolute atomic E-state index is 13.6. The number of aliphatic carboxylic acids is 1. The van der Waals surface area contributed by atoms with Gasteiger partial charge in [0.1, 0.15) is 12.3 Å². The highest BCUT2D eigenvalue weighted by Crippen LogP contribution is 2.41. The van der Waals surface area contributed by atoms with E-state index in [4.69, 9.17) is 19.3 Å². The molecule has 0 bridgehead atoms. The number of sulfonamides is 1. The lowest BCUT2D eigenvalue weighted by Gasteiger charge is -2.20. The fraction of sp³-hybridized carbons (Fsp3) is 0.241. The molecule has 0 aliphatic heterocycles. The van der Waals surface area contributed by atoms with Crippen molar-refractivity contribution in [3.05, 3.63) is 78.5 Å². The van der Waals surface area contributed by atoms with E-state index in [0.717, 1.165) is 5.56 Å². The molecule has 2 aromatic heterocycles. The molecule has 0 unspecified atom stereocenters. The number of benzene rings is 2. The van der Waals surface area contributed by atoms with Crippen molar-refractivity contribution in [2.24, 2.45) is 0 Å². The van der Waals surface area contributed by atoms with Crippen LogP contribution in [0.2, 0.25) is 0 Å². The molecule has 2 heterocycles. The van der Waals surface area contributed by atoms with Crippen molar-refractivity contribution in [2.75, 3.05) is 18.4 Å². The van der Waals surface area contributed by atoms with E-state index < -0.39 is 16.0 Å². The van der Waals surface area contributed by atoms with Gasteiger partial charge in [-0.2, -0.15) is 4.98 Å². The minimum atomic E-state index is -4.18. The van der Waals surface area contributed by atoms with Crippen LogP contribution in [-0.2, 0) is 20.2 Å². The summed E-state index contributed by atoms with van der Waals surface area (Å²) in [4.78, 5) is 24.3. The Bertz CT molecular complexity index is 1620. The summed E-state index contributed by atoms with van der Waals surface area (Å²) in [6, 6.07) is 18.3. The summed E-state index contributed by atoms with van der Waals surface area (Å²) in [5.41, 5.74) is 1.12. The molecule has 2 N–H and O–H groups in total. The summed E-state index contributed by atoms with van der Waals surface area (Å²) >= 11 is 0. The molecule has 0 saturated heterocycles.